The molecule has 7 rings (SSSR count). The first-order valence-electron chi connectivity index (χ1n) is 13.8. The molecule has 0 fully saturated rings. The summed E-state index contributed by atoms with van der Waals surface area (Å²) < 4.78 is 6.31. The lowest BCUT2D eigenvalue weighted by Gasteiger charge is -2.09. The minimum atomic E-state index is 0.582. The molecule has 0 N–H and O–H groups in total. The molecular weight excluding hydrogens is 516 g/mol. The third kappa shape index (κ3) is 4.67. The Balaban J connectivity index is 1.44. The Morgan fingerprint density at radius 1 is 0.667 bits per heavy atom. The molecule has 0 amide bonds. The summed E-state index contributed by atoms with van der Waals surface area (Å²) in [5.41, 5.74) is 8.01. The van der Waals surface area contributed by atoms with Crippen LogP contribution in [0.2, 0.25) is 0 Å². The second kappa shape index (κ2) is 10.7. The summed E-state index contributed by atoms with van der Waals surface area (Å²) in [5, 5.41) is 1.90. The lowest BCUT2D eigenvalue weighted by atomic mass is 10.0. The zero-order chi connectivity index (χ0) is 28.5. The number of hydrogen-bond acceptors (Lipinski definition) is 5. The van der Waals surface area contributed by atoms with E-state index in [1.165, 1.54) is 0 Å². The van der Waals surface area contributed by atoms with E-state index in [1.54, 1.807) is 6.08 Å². The number of aromatic nitrogens is 3. The van der Waals surface area contributed by atoms with Crippen LogP contribution in [0, 0.1) is 6.92 Å². The van der Waals surface area contributed by atoms with E-state index in [2.05, 4.69) is 25.6 Å². The molecular formula is C37H26N4O. The van der Waals surface area contributed by atoms with Gasteiger partial charge in [-0.25, -0.2) is 19.9 Å². The summed E-state index contributed by atoms with van der Waals surface area (Å²) in [6.45, 7) is 6.11. The largest absolute Gasteiger partial charge is 0.456 e. The van der Waals surface area contributed by atoms with E-state index >= 15 is 0 Å². The summed E-state index contributed by atoms with van der Waals surface area (Å²) in [6.07, 6.45) is 1.79. The Morgan fingerprint density at radius 3 is 1.98 bits per heavy atom. The lowest BCUT2D eigenvalue weighted by molar-refractivity contribution is 0.669. The molecule has 0 saturated carbocycles. The van der Waals surface area contributed by atoms with E-state index in [0.717, 1.165) is 61.2 Å². The standard InChI is InChI=1S/C37H26N4O/c1-3-30(38-31-19-11-10-13-24(31)2)27-21-22-32-29(23-27)34-28(18-12-20-33(34)42-32)37-40-35(25-14-6-4-7-15-25)39-36(41-37)26-16-8-5-9-17-26/h3-23H,1H2,2H3. The Labute approximate surface area is 243 Å². The average Bonchev–Trinajstić information content (AvgIpc) is 3.43. The minimum absolute atomic E-state index is 0.582. The lowest BCUT2D eigenvalue weighted by Crippen LogP contribution is -2.00. The molecule has 0 saturated heterocycles. The van der Waals surface area contributed by atoms with Crippen LogP contribution in [0.1, 0.15) is 11.1 Å². The molecule has 2 aromatic heterocycles. The first-order chi connectivity index (χ1) is 20.7. The molecule has 0 aliphatic carbocycles. The van der Waals surface area contributed by atoms with Crippen LogP contribution in [0.25, 0.3) is 56.1 Å². The number of furan rings is 1. The Morgan fingerprint density at radius 2 is 1.31 bits per heavy atom. The van der Waals surface area contributed by atoms with Crippen LogP contribution in [-0.4, -0.2) is 20.7 Å². The number of rotatable bonds is 6. The maximum absolute atomic E-state index is 6.31. The van der Waals surface area contributed by atoms with Crippen molar-refractivity contribution in [1.29, 1.82) is 0 Å². The van der Waals surface area contributed by atoms with Crippen molar-refractivity contribution in [3.63, 3.8) is 0 Å². The SMILES string of the molecule is C=CC(=Nc1ccccc1C)c1ccc2oc3cccc(-c4nc(-c5ccccc5)nc(-c5ccccc5)n4)c3c2c1. The minimum Gasteiger partial charge on any atom is -0.456 e. The maximum Gasteiger partial charge on any atom is 0.164 e. The highest BCUT2D eigenvalue weighted by atomic mass is 16.3. The van der Waals surface area contributed by atoms with Crippen molar-refractivity contribution in [3.05, 3.63) is 145 Å². The molecule has 0 radical (unpaired) electrons. The monoisotopic (exact) mass is 542 g/mol. The molecule has 200 valence electrons. The fraction of sp³-hybridized carbons (Fsp3) is 0.0270. The highest BCUT2D eigenvalue weighted by Gasteiger charge is 2.18. The normalized spacial score (nSPS) is 11.7. The highest BCUT2D eigenvalue weighted by molar-refractivity contribution is 6.16. The number of aliphatic imine (C=N–C) groups is 1. The molecule has 2 heterocycles. The van der Waals surface area contributed by atoms with Gasteiger partial charge in [0.2, 0.25) is 0 Å². The molecule has 0 aliphatic heterocycles. The third-order valence-electron chi connectivity index (χ3n) is 7.28. The van der Waals surface area contributed by atoms with Crippen LogP contribution in [0.4, 0.5) is 5.69 Å². The van der Waals surface area contributed by atoms with Crippen molar-refractivity contribution in [2.75, 3.05) is 0 Å². The number of aryl methyl sites for hydroxylation is 1. The van der Waals surface area contributed by atoms with Crippen LogP contribution in [-0.2, 0) is 0 Å². The van der Waals surface area contributed by atoms with Crippen molar-refractivity contribution >= 4 is 33.3 Å². The second-order valence-corrected chi connectivity index (χ2v) is 10.0. The van der Waals surface area contributed by atoms with Gasteiger partial charge < -0.3 is 4.42 Å². The van der Waals surface area contributed by atoms with Crippen LogP contribution >= 0.6 is 0 Å². The molecule has 5 heteroatoms. The van der Waals surface area contributed by atoms with Gasteiger partial charge in [-0.2, -0.15) is 0 Å². The fourth-order valence-electron chi connectivity index (χ4n) is 5.15. The molecule has 0 unspecified atom stereocenters. The van der Waals surface area contributed by atoms with Gasteiger partial charge in [-0.05, 0) is 48.9 Å². The smallest absolute Gasteiger partial charge is 0.164 e. The first-order valence-corrected chi connectivity index (χ1v) is 13.8. The molecule has 0 atom stereocenters. The quantitative estimate of drug-likeness (QED) is 0.196. The summed E-state index contributed by atoms with van der Waals surface area (Å²) in [7, 11) is 0. The first kappa shape index (κ1) is 25.3. The molecule has 0 spiro atoms. The van der Waals surface area contributed by atoms with Crippen LogP contribution in [0.3, 0.4) is 0 Å². The number of nitrogens with zero attached hydrogens (tertiary/aromatic N) is 4. The fourth-order valence-corrected chi connectivity index (χ4v) is 5.15. The van der Waals surface area contributed by atoms with E-state index in [1.807, 2.05) is 109 Å². The van der Waals surface area contributed by atoms with E-state index in [0.29, 0.717) is 17.5 Å². The summed E-state index contributed by atoms with van der Waals surface area (Å²) in [4.78, 5) is 19.7. The molecule has 0 aliphatic rings. The Kier molecular flexibility index (Phi) is 6.45. The third-order valence-corrected chi connectivity index (χ3v) is 7.28. The van der Waals surface area contributed by atoms with Gasteiger partial charge >= 0.3 is 0 Å². The van der Waals surface area contributed by atoms with Crippen molar-refractivity contribution < 1.29 is 4.42 Å². The van der Waals surface area contributed by atoms with Crippen LogP contribution < -0.4 is 0 Å². The summed E-state index contributed by atoms with van der Waals surface area (Å²) in [5.74, 6) is 1.81. The van der Waals surface area contributed by atoms with Gasteiger partial charge in [-0.3, -0.25) is 0 Å². The molecule has 5 aromatic carbocycles. The topological polar surface area (TPSA) is 64.2 Å². The van der Waals surface area contributed by atoms with Gasteiger partial charge in [0.05, 0.1) is 11.4 Å². The summed E-state index contributed by atoms with van der Waals surface area (Å²) >= 11 is 0. The van der Waals surface area contributed by atoms with Crippen molar-refractivity contribution in [2.45, 2.75) is 6.92 Å². The van der Waals surface area contributed by atoms with Crippen LogP contribution in [0.5, 0.6) is 0 Å². The number of allylic oxidation sites excluding steroid dienone is 1. The Hall–Kier alpha value is -5.68. The van der Waals surface area contributed by atoms with Gasteiger partial charge in [0.25, 0.3) is 0 Å². The highest BCUT2D eigenvalue weighted by Crippen LogP contribution is 2.37. The van der Waals surface area contributed by atoms with Crippen molar-refractivity contribution in [2.24, 2.45) is 4.99 Å². The average molecular weight is 543 g/mol. The van der Waals surface area contributed by atoms with E-state index < -0.39 is 0 Å². The summed E-state index contributed by atoms with van der Waals surface area (Å²) in [6, 6.07) is 40.2. The molecule has 7 aromatic rings. The molecule has 0 bridgehead atoms. The van der Waals surface area contributed by atoms with Gasteiger partial charge in [-0.1, -0.05) is 97.6 Å². The number of fused-ring (bicyclic) bond motifs is 3. The predicted octanol–water partition coefficient (Wildman–Crippen LogP) is 9.39. The van der Waals surface area contributed by atoms with Gasteiger partial charge in [0.15, 0.2) is 17.5 Å². The zero-order valence-electron chi connectivity index (χ0n) is 23.0. The number of benzene rings is 5. The van der Waals surface area contributed by atoms with E-state index in [9.17, 15) is 0 Å². The molecule has 5 nitrogen and oxygen atoms in total. The number of para-hydroxylation sites is 1. The molecule has 42 heavy (non-hydrogen) atoms. The predicted molar refractivity (Wildman–Crippen MR) is 171 cm³/mol. The van der Waals surface area contributed by atoms with Crippen LogP contribution in [0.15, 0.2) is 143 Å². The van der Waals surface area contributed by atoms with Gasteiger partial charge in [0, 0.05) is 33.0 Å². The second-order valence-electron chi connectivity index (χ2n) is 10.0. The number of hydrogen-bond donors (Lipinski definition) is 0. The maximum atomic E-state index is 6.31. The Bertz CT molecular complexity index is 2050. The van der Waals surface area contributed by atoms with Crippen molar-refractivity contribution in [1.82, 2.24) is 15.0 Å². The van der Waals surface area contributed by atoms with E-state index in [4.69, 9.17) is 24.4 Å². The van der Waals surface area contributed by atoms with E-state index in [-0.39, 0.29) is 0 Å². The van der Waals surface area contributed by atoms with Gasteiger partial charge in [0.1, 0.15) is 11.2 Å². The van der Waals surface area contributed by atoms with Gasteiger partial charge in [-0.15, -0.1) is 0 Å². The zero-order valence-corrected chi connectivity index (χ0v) is 23.0. The van der Waals surface area contributed by atoms with Crippen molar-refractivity contribution in [3.8, 4) is 34.2 Å².